The standard InChI is InChI=1S/C18H19NO7S/c1-24-15-6-4-13(5-7-15)12-27(22,23)9-8-14-10-17(25-2)18(26-3)11-16(14)19(20)21/h4-11H,12H2,1-3H3. The van der Waals surface area contributed by atoms with E-state index >= 15 is 0 Å². The van der Waals surface area contributed by atoms with Crippen molar-refractivity contribution in [1.29, 1.82) is 0 Å². The lowest BCUT2D eigenvalue weighted by Gasteiger charge is -2.08. The highest BCUT2D eigenvalue weighted by atomic mass is 32.2. The summed E-state index contributed by atoms with van der Waals surface area (Å²) in [6, 6.07) is 9.15. The molecule has 2 aromatic carbocycles. The number of nitro benzene ring substituents is 1. The highest BCUT2D eigenvalue weighted by molar-refractivity contribution is 7.93. The number of methoxy groups -OCH3 is 3. The Morgan fingerprint density at radius 3 is 2.11 bits per heavy atom. The molecule has 0 aromatic heterocycles. The van der Waals surface area contributed by atoms with Crippen LogP contribution in [0.1, 0.15) is 11.1 Å². The molecular weight excluding hydrogens is 374 g/mol. The topological polar surface area (TPSA) is 105 Å². The van der Waals surface area contributed by atoms with Crippen LogP contribution in [-0.4, -0.2) is 34.7 Å². The predicted octanol–water partition coefficient (Wildman–Crippen LogP) is 3.21. The van der Waals surface area contributed by atoms with E-state index in [1.165, 1.54) is 39.5 Å². The smallest absolute Gasteiger partial charge is 0.280 e. The Morgan fingerprint density at radius 1 is 1.00 bits per heavy atom. The van der Waals surface area contributed by atoms with Crippen LogP contribution in [0.25, 0.3) is 6.08 Å². The summed E-state index contributed by atoms with van der Waals surface area (Å²) in [5.74, 6) is 0.819. The monoisotopic (exact) mass is 393 g/mol. The van der Waals surface area contributed by atoms with Gasteiger partial charge < -0.3 is 14.2 Å². The van der Waals surface area contributed by atoms with E-state index in [-0.39, 0.29) is 28.5 Å². The van der Waals surface area contributed by atoms with Crippen molar-refractivity contribution in [2.75, 3.05) is 21.3 Å². The molecule has 2 rings (SSSR count). The van der Waals surface area contributed by atoms with Gasteiger partial charge in [0.2, 0.25) is 0 Å². The van der Waals surface area contributed by atoms with E-state index in [4.69, 9.17) is 14.2 Å². The Morgan fingerprint density at radius 2 is 1.59 bits per heavy atom. The summed E-state index contributed by atoms with van der Waals surface area (Å²) in [6.45, 7) is 0. The van der Waals surface area contributed by atoms with Gasteiger partial charge in [0.25, 0.3) is 5.69 Å². The van der Waals surface area contributed by atoms with E-state index in [0.29, 0.717) is 11.3 Å². The van der Waals surface area contributed by atoms with Gasteiger partial charge in [0.05, 0.1) is 43.6 Å². The highest BCUT2D eigenvalue weighted by Gasteiger charge is 2.18. The van der Waals surface area contributed by atoms with E-state index < -0.39 is 14.8 Å². The number of hydrogen-bond donors (Lipinski definition) is 0. The Bertz CT molecular complexity index is 950. The Labute approximate surface area is 157 Å². The van der Waals surface area contributed by atoms with Crippen LogP contribution >= 0.6 is 0 Å². The van der Waals surface area contributed by atoms with Gasteiger partial charge in [-0.3, -0.25) is 10.1 Å². The number of benzene rings is 2. The van der Waals surface area contributed by atoms with Crippen LogP contribution < -0.4 is 14.2 Å². The average molecular weight is 393 g/mol. The van der Waals surface area contributed by atoms with Crippen molar-refractivity contribution in [3.8, 4) is 17.2 Å². The first-order valence-corrected chi connectivity index (χ1v) is 9.45. The molecule has 9 heteroatoms. The van der Waals surface area contributed by atoms with Gasteiger partial charge in [0.1, 0.15) is 5.75 Å². The van der Waals surface area contributed by atoms with Gasteiger partial charge in [-0.2, -0.15) is 0 Å². The third-order valence-electron chi connectivity index (χ3n) is 3.71. The minimum Gasteiger partial charge on any atom is -0.497 e. The van der Waals surface area contributed by atoms with E-state index in [0.717, 1.165) is 5.41 Å². The maximum absolute atomic E-state index is 12.3. The minimum atomic E-state index is -3.65. The summed E-state index contributed by atoms with van der Waals surface area (Å²) >= 11 is 0. The minimum absolute atomic E-state index is 0.0935. The number of hydrogen-bond acceptors (Lipinski definition) is 7. The molecule has 0 bridgehead atoms. The normalized spacial score (nSPS) is 11.4. The van der Waals surface area contributed by atoms with Crippen molar-refractivity contribution >= 4 is 21.6 Å². The molecule has 27 heavy (non-hydrogen) atoms. The Hall–Kier alpha value is -3.07. The van der Waals surface area contributed by atoms with Gasteiger partial charge >= 0.3 is 0 Å². The van der Waals surface area contributed by atoms with Gasteiger partial charge in [-0.05, 0) is 29.8 Å². The first kappa shape index (κ1) is 20.2. The van der Waals surface area contributed by atoms with E-state index in [1.54, 1.807) is 24.3 Å². The van der Waals surface area contributed by atoms with Crippen LogP contribution in [0.2, 0.25) is 0 Å². The van der Waals surface area contributed by atoms with Crippen LogP contribution in [-0.2, 0) is 15.6 Å². The molecule has 0 spiro atoms. The zero-order valence-electron chi connectivity index (χ0n) is 15.0. The second-order valence-corrected chi connectivity index (χ2v) is 7.37. The van der Waals surface area contributed by atoms with Crippen LogP contribution in [0.4, 0.5) is 5.69 Å². The van der Waals surface area contributed by atoms with E-state index in [1.807, 2.05) is 0 Å². The second kappa shape index (κ2) is 8.54. The lowest BCUT2D eigenvalue weighted by molar-refractivity contribution is -0.385. The van der Waals surface area contributed by atoms with Crippen molar-refractivity contribution in [2.45, 2.75) is 5.75 Å². The fourth-order valence-electron chi connectivity index (χ4n) is 2.35. The van der Waals surface area contributed by atoms with Gasteiger partial charge in [0, 0.05) is 5.41 Å². The molecule has 2 aromatic rings. The van der Waals surface area contributed by atoms with Crippen molar-refractivity contribution in [2.24, 2.45) is 0 Å². The summed E-state index contributed by atoms with van der Waals surface area (Å²) < 4.78 is 39.9. The molecule has 0 aliphatic rings. The van der Waals surface area contributed by atoms with Crippen LogP contribution in [0.5, 0.6) is 17.2 Å². The number of nitrogens with zero attached hydrogens (tertiary/aromatic N) is 1. The summed E-state index contributed by atoms with van der Waals surface area (Å²) in [5.41, 5.74) is 0.377. The van der Waals surface area contributed by atoms with Gasteiger partial charge in [-0.1, -0.05) is 12.1 Å². The number of nitro groups is 1. The number of ether oxygens (including phenoxy) is 3. The second-order valence-electron chi connectivity index (χ2n) is 5.48. The first-order chi connectivity index (χ1) is 12.8. The molecular formula is C18H19NO7S. The molecule has 0 radical (unpaired) electrons. The van der Waals surface area contributed by atoms with Crippen molar-refractivity contribution in [3.63, 3.8) is 0 Å². The molecule has 0 aliphatic heterocycles. The summed E-state index contributed by atoms with van der Waals surface area (Å²) in [7, 11) is 0.616. The predicted molar refractivity (Wildman–Crippen MR) is 101 cm³/mol. The SMILES string of the molecule is COc1ccc(CS(=O)(=O)C=Cc2cc(OC)c(OC)cc2[N+](=O)[O-])cc1. The molecule has 0 amide bonds. The first-order valence-electron chi connectivity index (χ1n) is 7.74. The fourth-order valence-corrected chi connectivity index (χ4v) is 3.46. The maximum Gasteiger partial charge on any atom is 0.280 e. The van der Waals surface area contributed by atoms with Gasteiger partial charge in [0.15, 0.2) is 21.3 Å². The fraction of sp³-hybridized carbons (Fsp3) is 0.222. The van der Waals surface area contributed by atoms with Crippen LogP contribution in [0.3, 0.4) is 0 Å². The zero-order valence-corrected chi connectivity index (χ0v) is 15.9. The van der Waals surface area contributed by atoms with E-state index in [9.17, 15) is 18.5 Å². The summed E-state index contributed by atoms with van der Waals surface area (Å²) in [4.78, 5) is 10.7. The lowest BCUT2D eigenvalue weighted by atomic mass is 10.1. The van der Waals surface area contributed by atoms with Crippen molar-refractivity contribution < 1.29 is 27.6 Å². The molecule has 0 unspecified atom stereocenters. The molecule has 144 valence electrons. The van der Waals surface area contributed by atoms with Crippen molar-refractivity contribution in [3.05, 3.63) is 63.0 Å². The van der Waals surface area contributed by atoms with E-state index in [2.05, 4.69) is 0 Å². The zero-order chi connectivity index (χ0) is 20.0. The molecule has 8 nitrogen and oxygen atoms in total. The summed E-state index contributed by atoms with van der Waals surface area (Å²) in [5, 5.41) is 12.2. The molecule has 0 saturated heterocycles. The van der Waals surface area contributed by atoms with Gasteiger partial charge in [-0.15, -0.1) is 0 Å². The van der Waals surface area contributed by atoms with Crippen LogP contribution in [0.15, 0.2) is 41.8 Å². The lowest BCUT2D eigenvalue weighted by Crippen LogP contribution is -2.01. The molecule has 0 atom stereocenters. The van der Waals surface area contributed by atoms with Crippen LogP contribution in [0, 0.1) is 10.1 Å². The highest BCUT2D eigenvalue weighted by Crippen LogP contribution is 2.35. The third-order valence-corrected chi connectivity index (χ3v) is 5.00. The number of rotatable bonds is 8. The molecule has 0 fully saturated rings. The number of sulfone groups is 1. The average Bonchev–Trinajstić information content (AvgIpc) is 2.65. The molecule has 0 aliphatic carbocycles. The Balaban J connectivity index is 2.32. The van der Waals surface area contributed by atoms with Crippen molar-refractivity contribution in [1.82, 2.24) is 0 Å². The molecule has 0 N–H and O–H groups in total. The largest absolute Gasteiger partial charge is 0.497 e. The summed E-state index contributed by atoms with van der Waals surface area (Å²) in [6.07, 6.45) is 1.18. The maximum atomic E-state index is 12.3. The third kappa shape index (κ3) is 5.20. The Kier molecular flexibility index (Phi) is 6.40. The van der Waals surface area contributed by atoms with Gasteiger partial charge in [-0.25, -0.2) is 8.42 Å². The molecule has 0 heterocycles. The quantitative estimate of drug-likeness (QED) is 0.501. The molecule has 0 saturated carbocycles.